The summed E-state index contributed by atoms with van der Waals surface area (Å²) >= 11 is 1.31. The lowest BCUT2D eigenvalue weighted by atomic mass is 10.1. The highest BCUT2D eigenvalue weighted by molar-refractivity contribution is 7.18. The number of hydrogen-bond acceptors (Lipinski definition) is 6. The van der Waals surface area contributed by atoms with Gasteiger partial charge in [0.2, 0.25) is 5.13 Å². The van der Waals surface area contributed by atoms with Gasteiger partial charge in [0.15, 0.2) is 0 Å². The van der Waals surface area contributed by atoms with Crippen LogP contribution in [-0.4, -0.2) is 30.3 Å². The van der Waals surface area contributed by atoms with Crippen LogP contribution in [0.2, 0.25) is 0 Å². The highest BCUT2D eigenvalue weighted by Gasteiger charge is 2.12. The number of aromatic nitrogens is 2. The van der Waals surface area contributed by atoms with Crippen molar-refractivity contribution < 1.29 is 14.3 Å². The van der Waals surface area contributed by atoms with Crippen LogP contribution < -0.4 is 14.8 Å². The molecule has 128 valence electrons. The third kappa shape index (κ3) is 3.77. The normalized spacial score (nSPS) is 10.4. The molecule has 1 N–H and O–H groups in total. The number of methoxy groups -OCH3 is 2. The van der Waals surface area contributed by atoms with Crippen LogP contribution in [0.15, 0.2) is 42.5 Å². The van der Waals surface area contributed by atoms with Crippen LogP contribution in [0.5, 0.6) is 11.5 Å². The Morgan fingerprint density at radius 2 is 1.80 bits per heavy atom. The number of carbonyl (C=O) groups excluding carboxylic acids is 1. The van der Waals surface area contributed by atoms with E-state index >= 15 is 0 Å². The van der Waals surface area contributed by atoms with E-state index < -0.39 is 0 Å². The number of aryl methyl sites for hydroxylation is 1. The van der Waals surface area contributed by atoms with Crippen molar-refractivity contribution in [2.24, 2.45) is 0 Å². The third-order valence-corrected chi connectivity index (χ3v) is 4.53. The van der Waals surface area contributed by atoms with E-state index in [4.69, 9.17) is 9.47 Å². The van der Waals surface area contributed by atoms with Crippen molar-refractivity contribution in [3.63, 3.8) is 0 Å². The Kier molecular flexibility index (Phi) is 4.95. The van der Waals surface area contributed by atoms with Crippen molar-refractivity contribution in [2.45, 2.75) is 6.92 Å². The molecule has 25 heavy (non-hydrogen) atoms. The largest absolute Gasteiger partial charge is 0.497 e. The molecule has 0 unspecified atom stereocenters. The number of ether oxygens (including phenoxy) is 2. The van der Waals surface area contributed by atoms with Gasteiger partial charge in [-0.1, -0.05) is 11.3 Å². The maximum Gasteiger partial charge on any atom is 0.257 e. The number of hydrogen-bond donors (Lipinski definition) is 1. The van der Waals surface area contributed by atoms with E-state index in [1.807, 2.05) is 31.2 Å². The summed E-state index contributed by atoms with van der Waals surface area (Å²) < 4.78 is 10.3. The minimum absolute atomic E-state index is 0.233. The average Bonchev–Trinajstić information content (AvgIpc) is 3.10. The van der Waals surface area contributed by atoms with Gasteiger partial charge in [-0.15, -0.1) is 10.2 Å². The topological polar surface area (TPSA) is 73.3 Å². The van der Waals surface area contributed by atoms with Gasteiger partial charge in [0.05, 0.1) is 14.2 Å². The second-order valence-electron chi connectivity index (χ2n) is 5.28. The Bertz CT molecular complexity index is 891. The van der Waals surface area contributed by atoms with Gasteiger partial charge < -0.3 is 9.47 Å². The second-order valence-corrected chi connectivity index (χ2v) is 6.26. The van der Waals surface area contributed by atoms with E-state index in [-0.39, 0.29) is 5.91 Å². The van der Waals surface area contributed by atoms with Crippen LogP contribution in [0.4, 0.5) is 5.13 Å². The van der Waals surface area contributed by atoms with Crippen LogP contribution in [-0.2, 0) is 0 Å². The number of nitrogens with zero attached hydrogens (tertiary/aromatic N) is 2. The first kappa shape index (κ1) is 16.9. The first-order chi connectivity index (χ1) is 12.1. The summed E-state index contributed by atoms with van der Waals surface area (Å²) in [5.41, 5.74) is 2.35. The summed E-state index contributed by atoms with van der Waals surface area (Å²) in [4.78, 5) is 12.4. The molecular weight excluding hydrogens is 338 g/mol. The molecule has 0 aliphatic rings. The minimum Gasteiger partial charge on any atom is -0.497 e. The molecule has 0 aliphatic carbocycles. The van der Waals surface area contributed by atoms with Crippen LogP contribution >= 0.6 is 11.3 Å². The lowest BCUT2D eigenvalue weighted by Crippen LogP contribution is -2.12. The van der Waals surface area contributed by atoms with Crippen molar-refractivity contribution in [3.05, 3.63) is 53.6 Å². The Hall–Kier alpha value is -2.93. The van der Waals surface area contributed by atoms with Gasteiger partial charge in [-0.3, -0.25) is 10.1 Å². The zero-order chi connectivity index (χ0) is 17.8. The molecule has 0 saturated heterocycles. The van der Waals surface area contributed by atoms with Gasteiger partial charge in [0.25, 0.3) is 5.91 Å². The van der Waals surface area contributed by atoms with Crippen LogP contribution in [0, 0.1) is 6.92 Å². The summed E-state index contributed by atoms with van der Waals surface area (Å²) in [7, 11) is 3.22. The summed E-state index contributed by atoms with van der Waals surface area (Å²) in [6.07, 6.45) is 0. The Morgan fingerprint density at radius 3 is 2.44 bits per heavy atom. The Labute approximate surface area is 149 Å². The predicted octanol–water partition coefficient (Wildman–Crippen LogP) is 3.78. The van der Waals surface area contributed by atoms with E-state index in [2.05, 4.69) is 15.5 Å². The maximum atomic E-state index is 12.4. The molecule has 0 spiro atoms. The molecule has 7 heteroatoms. The zero-order valence-corrected chi connectivity index (χ0v) is 14.9. The maximum absolute atomic E-state index is 12.4. The molecule has 3 aromatic rings. The van der Waals surface area contributed by atoms with Crippen molar-refractivity contribution in [1.82, 2.24) is 10.2 Å². The molecule has 0 aliphatic heterocycles. The SMILES string of the molecule is COc1ccc(-c2nnc(NC(=O)c3ccc(OC)c(C)c3)s2)cc1. The third-order valence-electron chi connectivity index (χ3n) is 3.64. The van der Waals surface area contributed by atoms with Gasteiger partial charge in [-0.2, -0.15) is 0 Å². The van der Waals surface area contributed by atoms with E-state index in [0.717, 1.165) is 27.6 Å². The molecule has 0 saturated carbocycles. The molecule has 0 bridgehead atoms. The molecule has 2 aromatic carbocycles. The monoisotopic (exact) mass is 355 g/mol. The first-order valence-electron chi connectivity index (χ1n) is 7.54. The first-order valence-corrected chi connectivity index (χ1v) is 8.36. The Balaban J connectivity index is 1.74. The second kappa shape index (κ2) is 7.31. The minimum atomic E-state index is -0.233. The van der Waals surface area contributed by atoms with Gasteiger partial charge in [0.1, 0.15) is 16.5 Å². The quantitative estimate of drug-likeness (QED) is 0.754. The molecule has 0 radical (unpaired) electrons. The van der Waals surface area contributed by atoms with Gasteiger partial charge in [-0.05, 0) is 55.0 Å². The van der Waals surface area contributed by atoms with Crippen LogP contribution in [0.25, 0.3) is 10.6 Å². The van der Waals surface area contributed by atoms with Gasteiger partial charge in [-0.25, -0.2) is 0 Å². The van der Waals surface area contributed by atoms with E-state index in [9.17, 15) is 4.79 Å². The van der Waals surface area contributed by atoms with Crippen molar-refractivity contribution in [3.8, 4) is 22.1 Å². The van der Waals surface area contributed by atoms with Gasteiger partial charge >= 0.3 is 0 Å². The van der Waals surface area contributed by atoms with Crippen molar-refractivity contribution >= 4 is 22.4 Å². The summed E-state index contributed by atoms with van der Waals surface area (Å²) in [5.74, 6) is 1.29. The molecule has 1 heterocycles. The number of rotatable bonds is 5. The molecule has 1 amide bonds. The van der Waals surface area contributed by atoms with Crippen molar-refractivity contribution in [1.29, 1.82) is 0 Å². The fourth-order valence-corrected chi connectivity index (χ4v) is 3.06. The molecular formula is C18H17N3O3S. The van der Waals surface area contributed by atoms with Crippen LogP contribution in [0.1, 0.15) is 15.9 Å². The molecule has 3 rings (SSSR count). The molecule has 1 aromatic heterocycles. The molecule has 0 atom stereocenters. The smallest absolute Gasteiger partial charge is 0.257 e. The average molecular weight is 355 g/mol. The van der Waals surface area contributed by atoms with E-state index in [1.165, 1.54) is 11.3 Å². The summed E-state index contributed by atoms with van der Waals surface area (Å²) in [5, 5.41) is 12.1. The zero-order valence-electron chi connectivity index (χ0n) is 14.1. The highest BCUT2D eigenvalue weighted by Crippen LogP contribution is 2.28. The standard InChI is InChI=1S/C18H17N3O3S/c1-11-10-13(6-9-15(11)24-3)16(22)19-18-21-20-17(25-18)12-4-7-14(23-2)8-5-12/h4-10H,1-3H3,(H,19,21,22). The molecule has 6 nitrogen and oxygen atoms in total. The van der Waals surface area contributed by atoms with Crippen LogP contribution in [0.3, 0.4) is 0 Å². The summed E-state index contributed by atoms with van der Waals surface area (Å²) in [6, 6.07) is 12.8. The fourth-order valence-electron chi connectivity index (χ4n) is 2.31. The highest BCUT2D eigenvalue weighted by atomic mass is 32.1. The fraction of sp³-hybridized carbons (Fsp3) is 0.167. The lowest BCUT2D eigenvalue weighted by Gasteiger charge is -2.06. The predicted molar refractivity (Wildman–Crippen MR) is 97.6 cm³/mol. The van der Waals surface area contributed by atoms with E-state index in [0.29, 0.717) is 10.7 Å². The molecule has 0 fully saturated rings. The number of amides is 1. The van der Waals surface area contributed by atoms with Crippen molar-refractivity contribution in [2.75, 3.05) is 19.5 Å². The van der Waals surface area contributed by atoms with Gasteiger partial charge in [0, 0.05) is 11.1 Å². The number of benzene rings is 2. The van der Waals surface area contributed by atoms with E-state index in [1.54, 1.807) is 32.4 Å². The number of carbonyl (C=O) groups is 1. The number of nitrogens with one attached hydrogen (secondary N) is 1. The lowest BCUT2D eigenvalue weighted by molar-refractivity contribution is 0.102. The number of anilines is 1. The Morgan fingerprint density at radius 1 is 1.04 bits per heavy atom. The summed E-state index contributed by atoms with van der Waals surface area (Å²) in [6.45, 7) is 1.89.